The van der Waals surface area contributed by atoms with Crippen molar-refractivity contribution in [2.24, 2.45) is 5.92 Å². The summed E-state index contributed by atoms with van der Waals surface area (Å²) in [6, 6.07) is 5.22. The Morgan fingerprint density at radius 3 is 2.68 bits per heavy atom. The summed E-state index contributed by atoms with van der Waals surface area (Å²) in [6.45, 7) is 1.33. The number of carbonyl (C=O) groups is 1. The molecule has 1 aromatic carbocycles. The monoisotopic (exact) mass is 360 g/mol. The van der Waals surface area contributed by atoms with Crippen LogP contribution in [0, 0.1) is 5.92 Å². The number of benzene rings is 1. The highest BCUT2D eigenvalue weighted by molar-refractivity contribution is 7.90. The molecule has 6 heteroatoms. The van der Waals surface area contributed by atoms with Crippen molar-refractivity contribution in [3.05, 3.63) is 29.5 Å². The lowest BCUT2D eigenvalue weighted by Crippen LogP contribution is -2.40. The first-order valence-electron chi connectivity index (χ1n) is 9.06. The van der Waals surface area contributed by atoms with Crippen molar-refractivity contribution >= 4 is 26.6 Å². The number of hydrogen-bond acceptors (Lipinski definition) is 3. The van der Waals surface area contributed by atoms with Crippen molar-refractivity contribution < 1.29 is 13.2 Å². The van der Waals surface area contributed by atoms with E-state index in [4.69, 9.17) is 0 Å². The number of rotatable bonds is 2. The van der Waals surface area contributed by atoms with Crippen LogP contribution in [0.3, 0.4) is 0 Å². The van der Waals surface area contributed by atoms with Crippen LogP contribution in [-0.2, 0) is 27.6 Å². The standard InChI is InChI=1S/C19H24N2O3S/c1-25(23,24)14-7-8-17-15(11-14)16-12-21(10-9-18(16)20-17)19(22)13-5-3-2-4-6-13/h7-8,11,13,20H,2-6,9-10,12H2,1H3. The van der Waals surface area contributed by atoms with Gasteiger partial charge in [-0.25, -0.2) is 8.42 Å². The predicted molar refractivity (Wildman–Crippen MR) is 97.1 cm³/mol. The van der Waals surface area contributed by atoms with Crippen LogP contribution in [-0.4, -0.2) is 37.0 Å². The number of nitrogens with zero attached hydrogens (tertiary/aromatic N) is 1. The number of fused-ring (bicyclic) bond motifs is 3. The summed E-state index contributed by atoms with van der Waals surface area (Å²) in [5, 5.41) is 0.930. The van der Waals surface area contributed by atoms with Gasteiger partial charge in [-0.05, 0) is 31.0 Å². The Morgan fingerprint density at radius 2 is 1.96 bits per heavy atom. The second-order valence-electron chi connectivity index (χ2n) is 7.41. The van der Waals surface area contributed by atoms with E-state index >= 15 is 0 Å². The van der Waals surface area contributed by atoms with Gasteiger partial charge in [-0.1, -0.05) is 19.3 Å². The van der Waals surface area contributed by atoms with Gasteiger partial charge in [0.1, 0.15) is 0 Å². The molecular formula is C19H24N2O3S. The van der Waals surface area contributed by atoms with Gasteiger partial charge < -0.3 is 9.88 Å². The van der Waals surface area contributed by atoms with Crippen LogP contribution in [0.2, 0.25) is 0 Å². The van der Waals surface area contributed by atoms with E-state index in [9.17, 15) is 13.2 Å². The average Bonchev–Trinajstić information content (AvgIpc) is 2.98. The van der Waals surface area contributed by atoms with Gasteiger partial charge in [-0.2, -0.15) is 0 Å². The molecule has 0 spiro atoms. The molecule has 4 rings (SSSR count). The van der Waals surface area contributed by atoms with E-state index < -0.39 is 9.84 Å². The highest BCUT2D eigenvalue weighted by atomic mass is 32.2. The molecule has 1 fully saturated rings. The molecule has 0 unspecified atom stereocenters. The van der Waals surface area contributed by atoms with Crippen LogP contribution in [0.15, 0.2) is 23.1 Å². The molecule has 1 saturated carbocycles. The summed E-state index contributed by atoms with van der Waals surface area (Å²) in [6.07, 6.45) is 7.59. The molecule has 0 atom stereocenters. The van der Waals surface area contributed by atoms with Crippen LogP contribution in [0.4, 0.5) is 0 Å². The molecular weight excluding hydrogens is 336 g/mol. The van der Waals surface area contributed by atoms with Crippen molar-refractivity contribution in [1.82, 2.24) is 9.88 Å². The van der Waals surface area contributed by atoms with Gasteiger partial charge in [-0.3, -0.25) is 4.79 Å². The highest BCUT2D eigenvalue weighted by Crippen LogP contribution is 2.32. The van der Waals surface area contributed by atoms with Gasteiger partial charge >= 0.3 is 0 Å². The molecule has 0 radical (unpaired) electrons. The van der Waals surface area contributed by atoms with Crippen molar-refractivity contribution in [3.63, 3.8) is 0 Å². The van der Waals surface area contributed by atoms with Gasteiger partial charge in [0, 0.05) is 53.8 Å². The van der Waals surface area contributed by atoms with E-state index in [0.717, 1.165) is 60.8 Å². The van der Waals surface area contributed by atoms with Crippen molar-refractivity contribution in [3.8, 4) is 0 Å². The van der Waals surface area contributed by atoms with E-state index in [1.54, 1.807) is 12.1 Å². The van der Waals surface area contributed by atoms with Crippen LogP contribution in [0.25, 0.3) is 10.9 Å². The molecule has 2 heterocycles. The maximum absolute atomic E-state index is 12.9. The maximum atomic E-state index is 12.9. The molecule has 0 saturated heterocycles. The van der Waals surface area contributed by atoms with E-state index in [1.807, 2.05) is 11.0 Å². The zero-order chi connectivity index (χ0) is 17.6. The van der Waals surface area contributed by atoms with Gasteiger partial charge in [-0.15, -0.1) is 0 Å². The normalized spacial score (nSPS) is 19.2. The second-order valence-corrected chi connectivity index (χ2v) is 9.42. The molecule has 1 aromatic heterocycles. The third kappa shape index (κ3) is 3.08. The summed E-state index contributed by atoms with van der Waals surface area (Å²) in [4.78, 5) is 18.6. The smallest absolute Gasteiger partial charge is 0.225 e. The van der Waals surface area contributed by atoms with E-state index in [1.165, 1.54) is 12.7 Å². The zero-order valence-electron chi connectivity index (χ0n) is 14.5. The Morgan fingerprint density at radius 1 is 1.20 bits per heavy atom. The third-order valence-electron chi connectivity index (χ3n) is 5.64. The molecule has 1 amide bonds. The molecule has 2 aliphatic rings. The Bertz CT molecular complexity index is 924. The number of hydrogen-bond donors (Lipinski definition) is 1. The fourth-order valence-electron chi connectivity index (χ4n) is 4.22. The maximum Gasteiger partial charge on any atom is 0.225 e. The number of aromatic nitrogens is 1. The lowest BCUT2D eigenvalue weighted by atomic mass is 9.87. The molecule has 1 N–H and O–H groups in total. The summed E-state index contributed by atoms with van der Waals surface area (Å²) in [5.41, 5.74) is 3.16. The van der Waals surface area contributed by atoms with Crippen LogP contribution in [0.5, 0.6) is 0 Å². The SMILES string of the molecule is CS(=O)(=O)c1ccc2[nH]c3c(c2c1)CN(C(=O)C1CCCCC1)CC3. The lowest BCUT2D eigenvalue weighted by molar-refractivity contribution is -0.137. The minimum absolute atomic E-state index is 0.173. The van der Waals surface area contributed by atoms with Gasteiger partial charge in [0.25, 0.3) is 0 Å². The number of aromatic amines is 1. The molecule has 1 aliphatic heterocycles. The van der Waals surface area contributed by atoms with E-state index in [0.29, 0.717) is 11.4 Å². The zero-order valence-corrected chi connectivity index (χ0v) is 15.4. The fraction of sp³-hybridized carbons (Fsp3) is 0.526. The van der Waals surface area contributed by atoms with Crippen molar-refractivity contribution in [1.29, 1.82) is 0 Å². The summed E-state index contributed by atoms with van der Waals surface area (Å²) >= 11 is 0. The van der Waals surface area contributed by atoms with Crippen LogP contribution < -0.4 is 0 Å². The molecule has 134 valence electrons. The third-order valence-corrected chi connectivity index (χ3v) is 6.75. The molecule has 2 aromatic rings. The Labute approximate surface area is 148 Å². The largest absolute Gasteiger partial charge is 0.358 e. The van der Waals surface area contributed by atoms with Gasteiger partial charge in [0.05, 0.1) is 4.90 Å². The number of sulfone groups is 1. The van der Waals surface area contributed by atoms with Gasteiger partial charge in [0.2, 0.25) is 5.91 Å². The highest BCUT2D eigenvalue weighted by Gasteiger charge is 2.30. The van der Waals surface area contributed by atoms with Crippen LogP contribution in [0.1, 0.15) is 43.4 Å². The van der Waals surface area contributed by atoms with Crippen LogP contribution >= 0.6 is 0 Å². The van der Waals surface area contributed by atoms with Crippen molar-refractivity contribution in [2.75, 3.05) is 12.8 Å². The lowest BCUT2D eigenvalue weighted by Gasteiger charge is -2.32. The van der Waals surface area contributed by atoms with E-state index in [-0.39, 0.29) is 11.8 Å². The molecule has 25 heavy (non-hydrogen) atoms. The van der Waals surface area contributed by atoms with Crippen molar-refractivity contribution in [2.45, 2.75) is 50.0 Å². The predicted octanol–water partition coefficient (Wildman–Crippen LogP) is 3.04. The molecule has 0 bridgehead atoms. The van der Waals surface area contributed by atoms with E-state index in [2.05, 4.69) is 4.98 Å². The fourth-order valence-corrected chi connectivity index (χ4v) is 4.87. The Kier molecular flexibility index (Phi) is 4.10. The number of nitrogens with one attached hydrogen (secondary N) is 1. The summed E-state index contributed by atoms with van der Waals surface area (Å²) in [5.74, 6) is 0.450. The quantitative estimate of drug-likeness (QED) is 0.895. The number of carbonyl (C=O) groups excluding carboxylic acids is 1. The average molecular weight is 360 g/mol. The Hall–Kier alpha value is -1.82. The first-order valence-corrected chi connectivity index (χ1v) is 10.9. The number of amides is 1. The minimum atomic E-state index is -3.24. The number of H-pyrrole nitrogens is 1. The molecule has 1 aliphatic carbocycles. The first-order chi connectivity index (χ1) is 11.9. The Balaban J connectivity index is 1.66. The topological polar surface area (TPSA) is 70.2 Å². The second kappa shape index (κ2) is 6.16. The first kappa shape index (κ1) is 16.6. The molecule has 5 nitrogen and oxygen atoms in total. The minimum Gasteiger partial charge on any atom is -0.358 e. The summed E-state index contributed by atoms with van der Waals surface area (Å²) in [7, 11) is -3.24. The van der Waals surface area contributed by atoms with Gasteiger partial charge in [0.15, 0.2) is 9.84 Å². The summed E-state index contributed by atoms with van der Waals surface area (Å²) < 4.78 is 23.7.